The molecular weight excluding hydrogens is 330 g/mol. The maximum absolute atomic E-state index is 12.6. The Morgan fingerprint density at radius 1 is 1.33 bits per heavy atom. The van der Waals surface area contributed by atoms with E-state index >= 15 is 0 Å². The van der Waals surface area contributed by atoms with Gasteiger partial charge in [-0.3, -0.25) is 14.9 Å². The molecule has 3 rings (SSSR count). The lowest BCUT2D eigenvalue weighted by molar-refractivity contribution is -0.128. The molecule has 0 aromatic carbocycles. The first-order valence-electron chi connectivity index (χ1n) is 8.02. The second-order valence-corrected chi connectivity index (χ2v) is 6.89. The molecule has 1 N–H and O–H groups in total. The van der Waals surface area contributed by atoms with E-state index < -0.39 is 5.54 Å². The Hall–Kier alpha value is -1.96. The summed E-state index contributed by atoms with van der Waals surface area (Å²) < 4.78 is 5.58. The Kier molecular flexibility index (Phi) is 4.58. The van der Waals surface area contributed by atoms with E-state index in [4.69, 9.17) is 4.42 Å². The summed E-state index contributed by atoms with van der Waals surface area (Å²) in [4.78, 5) is 40.0. The summed E-state index contributed by atoms with van der Waals surface area (Å²) in [6.45, 7) is 3.18. The molecule has 0 unspecified atom stereocenters. The highest BCUT2D eigenvalue weighted by Gasteiger charge is 2.53. The average molecular weight is 351 g/mol. The molecule has 2 saturated heterocycles. The summed E-state index contributed by atoms with van der Waals surface area (Å²) in [7, 11) is 0. The van der Waals surface area contributed by atoms with Crippen molar-refractivity contribution >= 4 is 29.6 Å². The summed E-state index contributed by atoms with van der Waals surface area (Å²) in [6, 6.07) is 3.18. The van der Waals surface area contributed by atoms with Crippen molar-refractivity contribution in [2.24, 2.45) is 0 Å². The van der Waals surface area contributed by atoms with E-state index in [1.165, 1.54) is 0 Å². The molecule has 8 heteroatoms. The number of urea groups is 1. The Morgan fingerprint density at radius 3 is 2.67 bits per heavy atom. The molecule has 1 spiro atoms. The van der Waals surface area contributed by atoms with Gasteiger partial charge >= 0.3 is 6.03 Å². The summed E-state index contributed by atoms with van der Waals surface area (Å²) >= 11 is 1.63. The number of hydrogen-bond acceptors (Lipinski definition) is 5. The average Bonchev–Trinajstić information content (AvgIpc) is 3.12. The van der Waals surface area contributed by atoms with Crippen LogP contribution in [0.25, 0.3) is 0 Å². The number of nitrogens with zero attached hydrogens (tertiary/aromatic N) is 2. The van der Waals surface area contributed by atoms with Crippen LogP contribution in [0.1, 0.15) is 36.1 Å². The topological polar surface area (TPSA) is 82.9 Å². The molecule has 1 aromatic rings. The quantitative estimate of drug-likeness (QED) is 0.835. The van der Waals surface area contributed by atoms with Crippen molar-refractivity contribution < 1.29 is 18.8 Å². The molecule has 0 aliphatic carbocycles. The molecule has 24 heavy (non-hydrogen) atoms. The number of likely N-dealkylation sites (N-methyl/N-ethyl adjacent to an activating group) is 1. The van der Waals surface area contributed by atoms with Gasteiger partial charge in [-0.2, -0.15) is 11.8 Å². The molecule has 7 nitrogen and oxygen atoms in total. The van der Waals surface area contributed by atoms with Gasteiger partial charge < -0.3 is 14.2 Å². The molecule has 1 aromatic heterocycles. The molecule has 130 valence electrons. The lowest BCUT2D eigenvalue weighted by atomic mass is 9.86. The second-order valence-electron chi connectivity index (χ2n) is 6.03. The number of amides is 4. The maximum Gasteiger partial charge on any atom is 0.325 e. The first kappa shape index (κ1) is 16.9. The second kappa shape index (κ2) is 6.51. The van der Waals surface area contributed by atoms with Gasteiger partial charge in [-0.1, -0.05) is 0 Å². The van der Waals surface area contributed by atoms with Crippen LogP contribution in [0.3, 0.4) is 0 Å². The van der Waals surface area contributed by atoms with Crippen molar-refractivity contribution in [1.82, 2.24) is 15.1 Å². The third-order valence-corrected chi connectivity index (χ3v) is 5.33. The van der Waals surface area contributed by atoms with Crippen molar-refractivity contribution in [3.05, 3.63) is 23.7 Å². The van der Waals surface area contributed by atoms with Gasteiger partial charge in [0.05, 0.1) is 5.75 Å². The van der Waals surface area contributed by atoms with Gasteiger partial charge in [0.15, 0.2) is 5.76 Å². The smallest absolute Gasteiger partial charge is 0.325 e. The minimum absolute atomic E-state index is 0.162. The zero-order chi connectivity index (χ0) is 17.3. The molecule has 0 bridgehead atoms. The van der Waals surface area contributed by atoms with Crippen LogP contribution in [-0.2, 0) is 10.5 Å². The standard InChI is InChI=1S/C16H21N3O4S/c1-3-19-15(22)17-14(21)16(19)6-8-18(9-7-16)13(20)12-5-4-11(23-12)10-24-2/h4-5H,3,6-10H2,1-2H3,(H,17,21,22). The molecule has 0 atom stereocenters. The molecule has 2 fully saturated rings. The number of carbonyl (C=O) groups excluding carboxylic acids is 3. The Bertz CT molecular complexity index is 664. The van der Waals surface area contributed by atoms with Crippen LogP contribution in [-0.4, -0.2) is 59.1 Å². The van der Waals surface area contributed by atoms with Crippen molar-refractivity contribution in [1.29, 1.82) is 0 Å². The van der Waals surface area contributed by atoms with Crippen LogP contribution < -0.4 is 5.32 Å². The minimum atomic E-state index is -0.810. The Morgan fingerprint density at radius 2 is 2.04 bits per heavy atom. The molecule has 2 aliphatic heterocycles. The lowest BCUT2D eigenvalue weighted by Crippen LogP contribution is -2.57. The number of likely N-dealkylation sites (tertiary alicyclic amines) is 1. The normalized spacial score (nSPS) is 19.9. The van der Waals surface area contributed by atoms with E-state index in [2.05, 4.69) is 5.32 Å². The first-order chi connectivity index (χ1) is 11.5. The summed E-state index contributed by atoms with van der Waals surface area (Å²) in [5.41, 5.74) is -0.810. The number of nitrogens with one attached hydrogen (secondary N) is 1. The predicted octanol–water partition coefficient (Wildman–Crippen LogP) is 1.69. The van der Waals surface area contributed by atoms with Crippen LogP contribution in [0, 0.1) is 0 Å². The van der Waals surface area contributed by atoms with Crippen LogP contribution in [0.5, 0.6) is 0 Å². The van der Waals surface area contributed by atoms with Gasteiger partial charge in [0.25, 0.3) is 11.8 Å². The number of imide groups is 1. The number of hydrogen-bond donors (Lipinski definition) is 1. The van der Waals surface area contributed by atoms with Crippen LogP contribution in [0.15, 0.2) is 16.5 Å². The largest absolute Gasteiger partial charge is 0.455 e. The molecular formula is C16H21N3O4S. The van der Waals surface area contributed by atoms with Crippen LogP contribution in [0.2, 0.25) is 0 Å². The summed E-state index contributed by atoms with van der Waals surface area (Å²) in [5, 5.41) is 2.40. The van der Waals surface area contributed by atoms with E-state index in [1.807, 2.05) is 19.2 Å². The highest BCUT2D eigenvalue weighted by Crippen LogP contribution is 2.33. The third-order valence-electron chi connectivity index (χ3n) is 4.76. The van der Waals surface area contributed by atoms with Crippen molar-refractivity contribution in [2.75, 3.05) is 25.9 Å². The van der Waals surface area contributed by atoms with Crippen molar-refractivity contribution in [3.63, 3.8) is 0 Å². The first-order valence-corrected chi connectivity index (χ1v) is 9.41. The van der Waals surface area contributed by atoms with E-state index in [0.717, 1.165) is 11.5 Å². The fourth-order valence-corrected chi connectivity index (χ4v) is 3.93. The number of rotatable bonds is 4. The predicted molar refractivity (Wildman–Crippen MR) is 89.7 cm³/mol. The molecule has 2 aliphatic rings. The van der Waals surface area contributed by atoms with Gasteiger partial charge in [0, 0.05) is 19.6 Å². The van der Waals surface area contributed by atoms with Gasteiger partial charge in [0.1, 0.15) is 11.3 Å². The fourth-order valence-electron chi connectivity index (χ4n) is 3.49. The number of carbonyl (C=O) groups is 3. The Labute approximate surface area is 144 Å². The molecule has 3 heterocycles. The number of thioether (sulfide) groups is 1. The van der Waals surface area contributed by atoms with Gasteiger partial charge in [-0.05, 0) is 38.2 Å². The number of furan rings is 1. The van der Waals surface area contributed by atoms with Crippen LogP contribution >= 0.6 is 11.8 Å². The summed E-state index contributed by atoms with van der Waals surface area (Å²) in [5.74, 6) is 1.42. The van der Waals surface area contributed by atoms with E-state index in [0.29, 0.717) is 38.2 Å². The number of piperidine rings is 1. The molecule has 0 radical (unpaired) electrons. The Balaban J connectivity index is 1.69. The van der Waals surface area contributed by atoms with Gasteiger partial charge in [-0.25, -0.2) is 4.79 Å². The van der Waals surface area contributed by atoms with E-state index in [-0.39, 0.29) is 17.8 Å². The molecule has 0 saturated carbocycles. The van der Waals surface area contributed by atoms with Gasteiger partial charge in [-0.15, -0.1) is 0 Å². The van der Waals surface area contributed by atoms with Gasteiger partial charge in [0.2, 0.25) is 0 Å². The summed E-state index contributed by atoms with van der Waals surface area (Å²) in [6.07, 6.45) is 2.87. The van der Waals surface area contributed by atoms with E-state index in [1.54, 1.807) is 27.6 Å². The van der Waals surface area contributed by atoms with Crippen LogP contribution in [0.4, 0.5) is 4.79 Å². The third kappa shape index (κ3) is 2.68. The van der Waals surface area contributed by atoms with Crippen molar-refractivity contribution in [3.8, 4) is 0 Å². The van der Waals surface area contributed by atoms with E-state index in [9.17, 15) is 14.4 Å². The zero-order valence-corrected chi connectivity index (χ0v) is 14.6. The highest BCUT2D eigenvalue weighted by molar-refractivity contribution is 7.97. The minimum Gasteiger partial charge on any atom is -0.455 e. The monoisotopic (exact) mass is 351 g/mol. The zero-order valence-electron chi connectivity index (χ0n) is 13.8. The highest BCUT2D eigenvalue weighted by atomic mass is 32.2. The SMILES string of the molecule is CCN1C(=O)NC(=O)C12CCN(C(=O)c1ccc(CSC)o1)CC2. The van der Waals surface area contributed by atoms with Crippen molar-refractivity contribution in [2.45, 2.75) is 31.1 Å². The molecule has 4 amide bonds. The maximum atomic E-state index is 12.6. The fraction of sp³-hybridized carbons (Fsp3) is 0.562. The lowest BCUT2D eigenvalue weighted by Gasteiger charge is -2.41.